The highest BCUT2D eigenvalue weighted by atomic mass is 32.1. The third-order valence-corrected chi connectivity index (χ3v) is 3.85. The van der Waals surface area contributed by atoms with Crippen molar-refractivity contribution < 1.29 is 18.7 Å². The van der Waals surface area contributed by atoms with Gasteiger partial charge < -0.3 is 26.0 Å². The van der Waals surface area contributed by atoms with E-state index in [-0.39, 0.29) is 24.9 Å². The molecule has 1 unspecified atom stereocenters. The van der Waals surface area contributed by atoms with Crippen molar-refractivity contribution >= 4 is 30.1 Å². The molecule has 1 aliphatic rings. The molecular weight excluding hydrogens is 335 g/mol. The Morgan fingerprint density at radius 1 is 1.54 bits per heavy atom. The number of rotatable bonds is 6. The molecule has 0 radical (unpaired) electrons. The number of ether oxygens (including phenoxy) is 1. The largest absolute Gasteiger partial charge is 0.496 e. The highest BCUT2D eigenvalue weighted by Gasteiger charge is 2.27. The van der Waals surface area contributed by atoms with E-state index in [0.29, 0.717) is 23.6 Å². The fourth-order valence-corrected chi connectivity index (χ4v) is 2.70. The van der Waals surface area contributed by atoms with Crippen LogP contribution in [0.2, 0.25) is 0 Å². The Kier molecular flexibility index (Phi) is 6.04. The maximum absolute atomic E-state index is 13.7. The summed E-state index contributed by atoms with van der Waals surface area (Å²) in [4.78, 5) is 24.8. The van der Waals surface area contributed by atoms with Crippen LogP contribution in [-0.2, 0) is 9.59 Å². The molecule has 1 aromatic rings. The van der Waals surface area contributed by atoms with Crippen molar-refractivity contribution in [3.8, 4) is 5.75 Å². The summed E-state index contributed by atoms with van der Waals surface area (Å²) < 4.78 is 18.9. The molecule has 24 heavy (non-hydrogen) atoms. The first-order chi connectivity index (χ1) is 11.5. The van der Waals surface area contributed by atoms with Crippen LogP contribution in [-0.4, -0.2) is 49.0 Å². The van der Waals surface area contributed by atoms with Gasteiger partial charge >= 0.3 is 0 Å². The maximum atomic E-state index is 13.7. The lowest BCUT2D eigenvalue weighted by atomic mass is 10.1. The topological polar surface area (TPSA) is 96.7 Å². The lowest BCUT2D eigenvalue weighted by molar-refractivity contribution is -0.120. The number of benzene rings is 1. The van der Waals surface area contributed by atoms with Crippen molar-refractivity contribution in [2.24, 2.45) is 5.73 Å². The zero-order valence-electron chi connectivity index (χ0n) is 13.1. The molecule has 2 amide bonds. The third-order valence-electron chi connectivity index (χ3n) is 3.44. The summed E-state index contributed by atoms with van der Waals surface area (Å²) in [5, 5.41) is 5.27. The predicted molar refractivity (Wildman–Crippen MR) is 90.6 cm³/mol. The lowest BCUT2D eigenvalue weighted by Gasteiger charge is -2.36. The molecule has 1 atom stereocenters. The van der Waals surface area contributed by atoms with Crippen molar-refractivity contribution in [3.63, 3.8) is 0 Å². The average molecular weight is 354 g/mol. The van der Waals surface area contributed by atoms with Crippen molar-refractivity contribution in [2.45, 2.75) is 5.50 Å². The van der Waals surface area contributed by atoms with Crippen molar-refractivity contribution in [1.82, 2.24) is 15.5 Å². The van der Waals surface area contributed by atoms with E-state index in [1.54, 1.807) is 4.90 Å². The van der Waals surface area contributed by atoms with Gasteiger partial charge in [-0.1, -0.05) is 0 Å². The standard InChI is InChI=1S/C15H19FN4O3S/c1-23-12-3-2-9(16)6-10(12)11-7-13(21)19-15(24)20(11)5-4-18-14(22)8-17/h2-3,6-7,15,24H,4-5,8,17H2,1H3,(H,18,22)(H,19,21). The molecule has 0 bridgehead atoms. The summed E-state index contributed by atoms with van der Waals surface area (Å²) in [6.45, 7) is 0.519. The first kappa shape index (κ1) is 18.1. The number of nitrogens with one attached hydrogen (secondary N) is 2. The number of nitrogens with two attached hydrogens (primary N) is 1. The van der Waals surface area contributed by atoms with Gasteiger partial charge in [0.2, 0.25) is 11.8 Å². The average Bonchev–Trinajstić information content (AvgIpc) is 2.56. The van der Waals surface area contributed by atoms with Crippen LogP contribution >= 0.6 is 12.6 Å². The molecule has 2 rings (SSSR count). The zero-order valence-corrected chi connectivity index (χ0v) is 14.0. The van der Waals surface area contributed by atoms with Crippen LogP contribution in [0.3, 0.4) is 0 Å². The smallest absolute Gasteiger partial charge is 0.248 e. The SMILES string of the molecule is COc1ccc(F)cc1C1=CC(=O)NC(S)N1CCNC(=O)CN. The molecule has 0 saturated carbocycles. The fourth-order valence-electron chi connectivity index (χ4n) is 2.33. The van der Waals surface area contributed by atoms with Gasteiger partial charge in [0.05, 0.1) is 19.4 Å². The van der Waals surface area contributed by atoms with Gasteiger partial charge in [0, 0.05) is 24.7 Å². The molecule has 0 saturated heterocycles. The molecule has 9 heteroatoms. The van der Waals surface area contributed by atoms with Crippen molar-refractivity contribution in [3.05, 3.63) is 35.7 Å². The van der Waals surface area contributed by atoms with Crippen LogP contribution in [0.15, 0.2) is 24.3 Å². The summed E-state index contributed by atoms with van der Waals surface area (Å²) in [6, 6.07) is 4.05. The monoisotopic (exact) mass is 354 g/mol. The second-order valence-corrected chi connectivity index (χ2v) is 5.49. The van der Waals surface area contributed by atoms with E-state index in [1.165, 1.54) is 31.4 Å². The van der Waals surface area contributed by atoms with Crippen molar-refractivity contribution in [1.29, 1.82) is 0 Å². The molecule has 1 aromatic carbocycles. The molecular formula is C15H19FN4O3S. The Labute approximate surface area is 144 Å². The second kappa shape index (κ2) is 8.02. The highest BCUT2D eigenvalue weighted by molar-refractivity contribution is 7.80. The van der Waals surface area contributed by atoms with E-state index >= 15 is 0 Å². The van der Waals surface area contributed by atoms with Crippen LogP contribution < -0.4 is 21.1 Å². The highest BCUT2D eigenvalue weighted by Crippen LogP contribution is 2.32. The van der Waals surface area contributed by atoms with Gasteiger partial charge in [0.1, 0.15) is 17.1 Å². The minimum Gasteiger partial charge on any atom is -0.496 e. The maximum Gasteiger partial charge on any atom is 0.248 e. The molecule has 0 fully saturated rings. The molecule has 0 aromatic heterocycles. The third kappa shape index (κ3) is 4.18. The van der Waals surface area contributed by atoms with Gasteiger partial charge in [-0.15, -0.1) is 12.6 Å². The van der Waals surface area contributed by atoms with Crippen LogP contribution in [0.4, 0.5) is 4.39 Å². The number of halogens is 1. The Bertz CT molecular complexity index is 668. The Morgan fingerprint density at radius 3 is 2.96 bits per heavy atom. The van der Waals surface area contributed by atoms with Crippen LogP contribution in [0.25, 0.3) is 5.70 Å². The fraction of sp³-hybridized carbons (Fsp3) is 0.333. The van der Waals surface area contributed by atoms with Gasteiger partial charge in [-0.3, -0.25) is 9.59 Å². The van der Waals surface area contributed by atoms with E-state index in [1.807, 2.05) is 0 Å². The van der Waals surface area contributed by atoms with Crippen LogP contribution in [0.5, 0.6) is 5.75 Å². The zero-order chi connectivity index (χ0) is 17.7. The van der Waals surface area contributed by atoms with E-state index in [9.17, 15) is 14.0 Å². The molecule has 1 heterocycles. The Morgan fingerprint density at radius 2 is 2.29 bits per heavy atom. The normalized spacial score (nSPS) is 17.2. The van der Waals surface area contributed by atoms with E-state index in [2.05, 4.69) is 23.3 Å². The molecule has 130 valence electrons. The number of thiol groups is 1. The number of hydrogen-bond donors (Lipinski definition) is 4. The molecule has 1 aliphatic heterocycles. The summed E-state index contributed by atoms with van der Waals surface area (Å²) in [5.74, 6) is -0.669. The summed E-state index contributed by atoms with van der Waals surface area (Å²) >= 11 is 4.34. The van der Waals surface area contributed by atoms with Gasteiger partial charge in [0.15, 0.2) is 0 Å². The van der Waals surface area contributed by atoms with E-state index < -0.39 is 11.3 Å². The minimum absolute atomic E-state index is 0.110. The summed E-state index contributed by atoms with van der Waals surface area (Å²) in [6.07, 6.45) is 1.34. The number of hydrogen-bond acceptors (Lipinski definition) is 6. The van der Waals surface area contributed by atoms with Gasteiger partial charge in [-0.2, -0.15) is 0 Å². The number of methoxy groups -OCH3 is 1. The first-order valence-corrected chi connectivity index (χ1v) is 7.75. The molecule has 7 nitrogen and oxygen atoms in total. The number of carbonyl (C=O) groups excluding carboxylic acids is 2. The summed E-state index contributed by atoms with van der Waals surface area (Å²) in [7, 11) is 1.46. The van der Waals surface area contributed by atoms with Crippen LogP contribution in [0, 0.1) is 5.82 Å². The predicted octanol–water partition coefficient (Wildman–Crippen LogP) is -0.105. The number of carbonyl (C=O) groups is 2. The van der Waals surface area contributed by atoms with Gasteiger partial charge in [0.25, 0.3) is 0 Å². The number of amides is 2. The molecule has 0 aliphatic carbocycles. The van der Waals surface area contributed by atoms with Crippen molar-refractivity contribution in [2.75, 3.05) is 26.7 Å². The van der Waals surface area contributed by atoms with Gasteiger partial charge in [-0.25, -0.2) is 4.39 Å². The van der Waals surface area contributed by atoms with E-state index in [0.717, 1.165) is 0 Å². The molecule has 4 N–H and O–H groups in total. The second-order valence-electron chi connectivity index (χ2n) is 5.00. The first-order valence-electron chi connectivity index (χ1n) is 7.24. The quantitative estimate of drug-likeness (QED) is 0.535. The summed E-state index contributed by atoms with van der Waals surface area (Å²) in [5.41, 5.74) is 5.50. The molecule has 0 spiro atoms. The van der Waals surface area contributed by atoms with Gasteiger partial charge in [-0.05, 0) is 18.2 Å². The van der Waals surface area contributed by atoms with E-state index in [4.69, 9.17) is 10.5 Å². The number of nitrogens with zero attached hydrogens (tertiary/aromatic N) is 1. The Hall–Kier alpha value is -2.26. The lowest BCUT2D eigenvalue weighted by Crippen LogP contribution is -2.49. The Balaban J connectivity index is 2.30. The minimum atomic E-state index is -0.625. The van der Waals surface area contributed by atoms with Crippen LogP contribution in [0.1, 0.15) is 5.56 Å².